The Labute approximate surface area is 119 Å². The molecule has 1 unspecified atom stereocenters. The van der Waals surface area contributed by atoms with Crippen molar-refractivity contribution in [2.24, 2.45) is 0 Å². The number of benzene rings is 1. The minimum atomic E-state index is -0.398. The summed E-state index contributed by atoms with van der Waals surface area (Å²) >= 11 is 0. The van der Waals surface area contributed by atoms with Gasteiger partial charge >= 0.3 is 0 Å². The summed E-state index contributed by atoms with van der Waals surface area (Å²) in [6, 6.07) is 4.65. The van der Waals surface area contributed by atoms with E-state index in [1.165, 1.54) is 6.07 Å². The van der Waals surface area contributed by atoms with Gasteiger partial charge in [-0.1, -0.05) is 6.92 Å². The summed E-state index contributed by atoms with van der Waals surface area (Å²) in [5.74, 6) is 0.656. The summed E-state index contributed by atoms with van der Waals surface area (Å²) in [7, 11) is 1.62. The zero-order valence-electron chi connectivity index (χ0n) is 12.2. The molecule has 0 aliphatic rings. The Hall–Kier alpha value is -1.66. The smallest absolute Gasteiger partial charge is 0.270 e. The van der Waals surface area contributed by atoms with Gasteiger partial charge in [0.15, 0.2) is 0 Å². The molecule has 0 aliphatic carbocycles. The number of rotatable bonds is 9. The molecule has 112 valence electrons. The Morgan fingerprint density at radius 3 is 2.80 bits per heavy atom. The number of hydrogen-bond acceptors (Lipinski definition) is 5. The van der Waals surface area contributed by atoms with E-state index in [-0.39, 0.29) is 11.8 Å². The van der Waals surface area contributed by atoms with Crippen LogP contribution < -0.4 is 10.1 Å². The maximum Gasteiger partial charge on any atom is 0.270 e. The first-order chi connectivity index (χ1) is 9.58. The number of nitrogens with one attached hydrogen (secondary N) is 1. The van der Waals surface area contributed by atoms with Crippen LogP contribution in [0.1, 0.15) is 25.8 Å². The van der Waals surface area contributed by atoms with Crippen molar-refractivity contribution in [2.45, 2.75) is 32.9 Å². The second-order valence-electron chi connectivity index (χ2n) is 4.58. The first kappa shape index (κ1) is 16.4. The van der Waals surface area contributed by atoms with Crippen molar-refractivity contribution in [3.63, 3.8) is 0 Å². The molecule has 6 nitrogen and oxygen atoms in total. The fourth-order valence-electron chi connectivity index (χ4n) is 1.63. The van der Waals surface area contributed by atoms with Gasteiger partial charge in [0.05, 0.1) is 11.0 Å². The summed E-state index contributed by atoms with van der Waals surface area (Å²) in [4.78, 5) is 10.4. The van der Waals surface area contributed by atoms with Crippen LogP contribution in [0.15, 0.2) is 18.2 Å². The molecular formula is C14H22N2O4. The lowest BCUT2D eigenvalue weighted by atomic mass is 10.1. The summed E-state index contributed by atoms with van der Waals surface area (Å²) < 4.78 is 10.8. The van der Waals surface area contributed by atoms with Crippen molar-refractivity contribution in [2.75, 3.05) is 20.3 Å². The highest BCUT2D eigenvalue weighted by atomic mass is 16.6. The van der Waals surface area contributed by atoms with Crippen LogP contribution in [-0.4, -0.2) is 31.3 Å². The second-order valence-corrected chi connectivity index (χ2v) is 4.58. The number of nitrogens with zero attached hydrogens (tertiary/aromatic N) is 1. The molecular weight excluding hydrogens is 260 g/mol. The predicted molar refractivity (Wildman–Crippen MR) is 77.1 cm³/mol. The van der Waals surface area contributed by atoms with E-state index < -0.39 is 4.92 Å². The van der Waals surface area contributed by atoms with Crippen LogP contribution in [0.5, 0.6) is 5.75 Å². The van der Waals surface area contributed by atoms with Crippen LogP contribution in [0.4, 0.5) is 5.69 Å². The third-order valence-electron chi connectivity index (χ3n) is 2.87. The monoisotopic (exact) mass is 282 g/mol. The Bertz CT molecular complexity index is 437. The molecule has 20 heavy (non-hydrogen) atoms. The molecule has 0 aromatic heterocycles. The van der Waals surface area contributed by atoms with E-state index >= 15 is 0 Å². The molecule has 0 fully saturated rings. The van der Waals surface area contributed by atoms with E-state index in [1.807, 2.05) is 6.92 Å². The fraction of sp³-hybridized carbons (Fsp3) is 0.571. The fourth-order valence-corrected chi connectivity index (χ4v) is 1.63. The maximum absolute atomic E-state index is 10.8. The minimum Gasteiger partial charge on any atom is -0.491 e. The highest BCUT2D eigenvalue weighted by Gasteiger charge is 2.12. The molecule has 0 saturated heterocycles. The lowest BCUT2D eigenvalue weighted by molar-refractivity contribution is -0.384. The van der Waals surface area contributed by atoms with Gasteiger partial charge in [0.2, 0.25) is 0 Å². The topological polar surface area (TPSA) is 73.6 Å². The van der Waals surface area contributed by atoms with Gasteiger partial charge in [-0.05, 0) is 26.0 Å². The lowest BCUT2D eigenvalue weighted by Crippen LogP contribution is -2.18. The van der Waals surface area contributed by atoms with Crippen molar-refractivity contribution in [1.29, 1.82) is 0 Å². The van der Waals surface area contributed by atoms with Crippen LogP contribution in [0.3, 0.4) is 0 Å². The molecule has 0 heterocycles. The largest absolute Gasteiger partial charge is 0.491 e. The van der Waals surface area contributed by atoms with Crippen molar-refractivity contribution in [1.82, 2.24) is 5.32 Å². The Balaban J connectivity index is 2.81. The van der Waals surface area contributed by atoms with Gasteiger partial charge in [-0.15, -0.1) is 0 Å². The van der Waals surface area contributed by atoms with E-state index in [2.05, 4.69) is 12.2 Å². The summed E-state index contributed by atoms with van der Waals surface area (Å²) in [5.41, 5.74) is 0.862. The van der Waals surface area contributed by atoms with Crippen LogP contribution in [0.2, 0.25) is 0 Å². The maximum atomic E-state index is 10.8. The molecule has 0 amide bonds. The molecule has 1 aromatic carbocycles. The average molecular weight is 282 g/mol. The zero-order valence-corrected chi connectivity index (χ0v) is 12.2. The highest BCUT2D eigenvalue weighted by molar-refractivity contribution is 5.43. The third kappa shape index (κ3) is 5.14. The highest BCUT2D eigenvalue weighted by Crippen LogP contribution is 2.24. The number of nitro groups is 1. The summed E-state index contributed by atoms with van der Waals surface area (Å²) in [6.45, 7) is 5.79. The number of non-ortho nitro benzene ring substituents is 1. The minimum absolute atomic E-state index is 0.0263. The van der Waals surface area contributed by atoms with Gasteiger partial charge in [-0.3, -0.25) is 10.1 Å². The van der Waals surface area contributed by atoms with Crippen molar-refractivity contribution >= 4 is 5.69 Å². The van der Waals surface area contributed by atoms with E-state index in [0.29, 0.717) is 18.9 Å². The average Bonchev–Trinajstić information content (AvgIpc) is 2.45. The predicted octanol–water partition coefficient (Wildman–Crippen LogP) is 2.51. The van der Waals surface area contributed by atoms with E-state index in [9.17, 15) is 10.1 Å². The number of methoxy groups -OCH3 is 1. The van der Waals surface area contributed by atoms with Crippen molar-refractivity contribution in [3.8, 4) is 5.75 Å². The third-order valence-corrected chi connectivity index (χ3v) is 2.87. The van der Waals surface area contributed by atoms with Crippen LogP contribution in [0, 0.1) is 10.1 Å². The normalized spacial score (nSPS) is 12.2. The molecule has 0 bridgehead atoms. The van der Waals surface area contributed by atoms with E-state index in [4.69, 9.17) is 9.47 Å². The van der Waals surface area contributed by atoms with Gasteiger partial charge in [0, 0.05) is 31.4 Å². The lowest BCUT2D eigenvalue weighted by Gasteiger charge is -2.15. The molecule has 0 saturated carbocycles. The van der Waals surface area contributed by atoms with Gasteiger partial charge in [-0.25, -0.2) is 0 Å². The van der Waals surface area contributed by atoms with Crippen molar-refractivity contribution in [3.05, 3.63) is 33.9 Å². The number of hydrogen-bond donors (Lipinski definition) is 1. The number of ether oxygens (including phenoxy) is 2. The molecule has 6 heteroatoms. The van der Waals surface area contributed by atoms with E-state index in [1.54, 1.807) is 19.2 Å². The van der Waals surface area contributed by atoms with Gasteiger partial charge < -0.3 is 14.8 Å². The van der Waals surface area contributed by atoms with Gasteiger partial charge in [-0.2, -0.15) is 0 Å². The molecule has 1 rings (SSSR count). The first-order valence-corrected chi connectivity index (χ1v) is 6.72. The Morgan fingerprint density at radius 1 is 1.45 bits per heavy atom. The SMILES string of the molecule is CCCNCc1cc([N+](=O)[O-])ccc1OCC(C)OC. The standard InChI is InChI=1S/C14H22N2O4/c1-4-7-15-9-12-8-13(16(17)18)5-6-14(12)20-10-11(2)19-3/h5-6,8,11,15H,4,7,9-10H2,1-3H3. The summed E-state index contributed by atoms with van der Waals surface area (Å²) in [6.07, 6.45) is 0.980. The van der Waals surface area contributed by atoms with Gasteiger partial charge in [0.25, 0.3) is 5.69 Å². The van der Waals surface area contributed by atoms with Crippen LogP contribution in [0.25, 0.3) is 0 Å². The van der Waals surface area contributed by atoms with Crippen LogP contribution >= 0.6 is 0 Å². The molecule has 1 aromatic rings. The summed E-state index contributed by atoms with van der Waals surface area (Å²) in [5, 5.41) is 14.1. The molecule has 0 spiro atoms. The molecule has 0 aliphatic heterocycles. The van der Waals surface area contributed by atoms with Crippen LogP contribution in [-0.2, 0) is 11.3 Å². The number of nitro benzene ring substituents is 1. The molecule has 1 atom stereocenters. The first-order valence-electron chi connectivity index (χ1n) is 6.72. The molecule has 1 N–H and O–H groups in total. The Kier molecular flexibility index (Phi) is 6.97. The Morgan fingerprint density at radius 2 is 2.20 bits per heavy atom. The quantitative estimate of drug-likeness (QED) is 0.428. The van der Waals surface area contributed by atoms with E-state index in [0.717, 1.165) is 18.5 Å². The zero-order chi connectivity index (χ0) is 15.0. The molecule has 0 radical (unpaired) electrons. The second kappa shape index (κ2) is 8.50. The van der Waals surface area contributed by atoms with Crippen molar-refractivity contribution < 1.29 is 14.4 Å². The van der Waals surface area contributed by atoms with Gasteiger partial charge in [0.1, 0.15) is 12.4 Å².